The number of carbonyl (C=O) groups excluding carboxylic acids is 1. The smallest absolute Gasteiger partial charge is 0.241 e. The number of rotatable bonds is 4. The Hall–Kier alpha value is -2.21. The van der Waals surface area contributed by atoms with E-state index in [0.29, 0.717) is 37.5 Å². The average Bonchev–Trinajstić information content (AvgIpc) is 3.29. The van der Waals surface area contributed by atoms with Gasteiger partial charge in [-0.25, -0.2) is 0 Å². The number of amides is 1. The summed E-state index contributed by atoms with van der Waals surface area (Å²) in [6.45, 7) is 5.55. The van der Waals surface area contributed by atoms with Crippen molar-refractivity contribution in [2.45, 2.75) is 38.1 Å². The monoisotopic (exact) mass is 341 g/mol. The number of aromatic nitrogens is 2. The molecule has 1 saturated carbocycles. The van der Waals surface area contributed by atoms with E-state index in [1.165, 1.54) is 5.56 Å². The zero-order valence-electron chi connectivity index (χ0n) is 14.6. The number of ether oxygens (including phenoxy) is 1. The predicted molar refractivity (Wildman–Crippen MR) is 91.0 cm³/mol. The summed E-state index contributed by atoms with van der Waals surface area (Å²) in [4.78, 5) is 14.9. The number of benzene rings is 1. The van der Waals surface area contributed by atoms with Crippen LogP contribution in [0.25, 0.3) is 0 Å². The summed E-state index contributed by atoms with van der Waals surface area (Å²) in [5.41, 5.74) is 1.24. The SMILES string of the molecule is CC(C)c1nnc([C@@H]2COCCN2C(=O)[C@@H]2C[C@H]2c2ccccc2)o1. The summed E-state index contributed by atoms with van der Waals surface area (Å²) >= 11 is 0. The molecule has 1 aliphatic carbocycles. The molecule has 1 saturated heterocycles. The lowest BCUT2D eigenvalue weighted by Gasteiger charge is -2.33. The van der Waals surface area contributed by atoms with Crippen LogP contribution < -0.4 is 0 Å². The zero-order valence-corrected chi connectivity index (χ0v) is 14.6. The lowest BCUT2D eigenvalue weighted by molar-refractivity contribution is -0.142. The van der Waals surface area contributed by atoms with Crippen molar-refractivity contribution in [1.29, 1.82) is 0 Å². The van der Waals surface area contributed by atoms with Crippen molar-refractivity contribution in [3.8, 4) is 0 Å². The minimum Gasteiger partial charge on any atom is -0.423 e. The molecule has 6 heteroatoms. The Kier molecular flexibility index (Phi) is 4.29. The molecule has 1 amide bonds. The molecule has 132 valence electrons. The average molecular weight is 341 g/mol. The lowest BCUT2D eigenvalue weighted by Crippen LogP contribution is -2.44. The van der Waals surface area contributed by atoms with Crippen LogP contribution in [0.15, 0.2) is 34.7 Å². The summed E-state index contributed by atoms with van der Waals surface area (Å²) in [7, 11) is 0. The maximum absolute atomic E-state index is 13.0. The summed E-state index contributed by atoms with van der Waals surface area (Å²) in [6.07, 6.45) is 0.911. The first-order valence-electron chi connectivity index (χ1n) is 8.91. The van der Waals surface area contributed by atoms with Crippen LogP contribution in [-0.4, -0.2) is 40.8 Å². The third-order valence-corrected chi connectivity index (χ3v) is 4.98. The van der Waals surface area contributed by atoms with E-state index in [2.05, 4.69) is 22.3 Å². The van der Waals surface area contributed by atoms with Gasteiger partial charge in [-0.3, -0.25) is 4.79 Å². The van der Waals surface area contributed by atoms with E-state index in [9.17, 15) is 4.79 Å². The first kappa shape index (κ1) is 16.3. The molecule has 6 nitrogen and oxygen atoms in total. The van der Waals surface area contributed by atoms with E-state index in [-0.39, 0.29) is 23.8 Å². The molecule has 2 aliphatic rings. The molecule has 4 rings (SSSR count). The fraction of sp³-hybridized carbons (Fsp3) is 0.526. The molecule has 1 aromatic carbocycles. The van der Waals surface area contributed by atoms with E-state index in [1.807, 2.05) is 36.9 Å². The Bertz CT molecular complexity index is 743. The summed E-state index contributed by atoms with van der Waals surface area (Å²) in [5.74, 6) is 1.80. The minimum absolute atomic E-state index is 0.0514. The normalized spacial score (nSPS) is 26.0. The standard InChI is InChI=1S/C19H23N3O3/c1-12(2)17-20-21-18(25-17)16-11-24-9-8-22(16)19(23)15-10-14(15)13-6-4-3-5-7-13/h3-7,12,14-16H,8-11H2,1-2H3/t14-,15+,16-/m0/s1. The Morgan fingerprint density at radius 3 is 2.76 bits per heavy atom. The van der Waals surface area contributed by atoms with Gasteiger partial charge in [-0.2, -0.15) is 0 Å². The van der Waals surface area contributed by atoms with Crippen LogP contribution in [0.3, 0.4) is 0 Å². The molecular formula is C19H23N3O3. The Morgan fingerprint density at radius 1 is 1.24 bits per heavy atom. The highest BCUT2D eigenvalue weighted by Gasteiger charge is 2.48. The largest absolute Gasteiger partial charge is 0.423 e. The second-order valence-electron chi connectivity index (χ2n) is 7.11. The molecule has 0 N–H and O–H groups in total. The quantitative estimate of drug-likeness (QED) is 0.855. The first-order valence-corrected chi connectivity index (χ1v) is 8.91. The molecule has 2 aromatic rings. The number of hydrogen-bond acceptors (Lipinski definition) is 5. The summed E-state index contributed by atoms with van der Waals surface area (Å²) < 4.78 is 11.4. The highest BCUT2D eigenvalue weighted by atomic mass is 16.5. The topological polar surface area (TPSA) is 68.5 Å². The number of nitrogens with zero attached hydrogens (tertiary/aromatic N) is 3. The van der Waals surface area contributed by atoms with Gasteiger partial charge in [-0.15, -0.1) is 10.2 Å². The maximum atomic E-state index is 13.0. The summed E-state index contributed by atoms with van der Waals surface area (Å²) in [5, 5.41) is 8.26. The van der Waals surface area contributed by atoms with Crippen molar-refractivity contribution in [2.75, 3.05) is 19.8 Å². The highest BCUT2D eigenvalue weighted by Crippen LogP contribution is 2.49. The fourth-order valence-electron chi connectivity index (χ4n) is 3.44. The van der Waals surface area contributed by atoms with Gasteiger partial charge in [0.15, 0.2) is 0 Å². The van der Waals surface area contributed by atoms with Gasteiger partial charge in [-0.1, -0.05) is 44.2 Å². The van der Waals surface area contributed by atoms with Crippen molar-refractivity contribution in [3.05, 3.63) is 47.7 Å². The second kappa shape index (κ2) is 6.59. The Balaban J connectivity index is 1.50. The second-order valence-corrected chi connectivity index (χ2v) is 7.11. The third kappa shape index (κ3) is 3.18. The molecule has 1 aliphatic heterocycles. The molecule has 2 heterocycles. The van der Waals surface area contributed by atoms with Crippen molar-refractivity contribution in [3.63, 3.8) is 0 Å². The predicted octanol–water partition coefficient (Wildman–Crippen LogP) is 2.90. The molecule has 0 spiro atoms. The van der Waals surface area contributed by atoms with Gasteiger partial charge in [-0.05, 0) is 17.9 Å². The Labute approximate surface area is 147 Å². The Morgan fingerprint density at radius 2 is 2.04 bits per heavy atom. The van der Waals surface area contributed by atoms with Gasteiger partial charge in [0.05, 0.1) is 13.2 Å². The third-order valence-electron chi connectivity index (χ3n) is 4.98. The van der Waals surface area contributed by atoms with Gasteiger partial charge < -0.3 is 14.1 Å². The first-order chi connectivity index (χ1) is 12.1. The highest BCUT2D eigenvalue weighted by molar-refractivity contribution is 5.83. The van der Waals surface area contributed by atoms with Crippen LogP contribution in [0.4, 0.5) is 0 Å². The van der Waals surface area contributed by atoms with Crippen molar-refractivity contribution in [2.24, 2.45) is 5.92 Å². The molecule has 1 aromatic heterocycles. The van der Waals surface area contributed by atoms with E-state index in [1.54, 1.807) is 0 Å². The van der Waals surface area contributed by atoms with Crippen LogP contribution >= 0.6 is 0 Å². The number of hydrogen-bond donors (Lipinski definition) is 0. The van der Waals surface area contributed by atoms with Gasteiger partial charge >= 0.3 is 0 Å². The van der Waals surface area contributed by atoms with Gasteiger partial charge in [0, 0.05) is 18.4 Å². The zero-order chi connectivity index (χ0) is 17.4. The molecule has 0 radical (unpaired) electrons. The van der Waals surface area contributed by atoms with E-state index >= 15 is 0 Å². The van der Waals surface area contributed by atoms with Gasteiger partial charge in [0.2, 0.25) is 17.7 Å². The summed E-state index contributed by atoms with van der Waals surface area (Å²) in [6, 6.07) is 9.97. The number of morpholine rings is 1. The molecule has 3 atom stereocenters. The van der Waals surface area contributed by atoms with Crippen molar-refractivity contribution >= 4 is 5.91 Å². The van der Waals surface area contributed by atoms with Gasteiger partial charge in [0.25, 0.3) is 0 Å². The minimum atomic E-state index is -0.279. The molecule has 2 fully saturated rings. The lowest BCUT2D eigenvalue weighted by atomic mass is 10.1. The van der Waals surface area contributed by atoms with E-state index < -0.39 is 0 Å². The van der Waals surface area contributed by atoms with Crippen LogP contribution in [0.5, 0.6) is 0 Å². The molecular weight excluding hydrogens is 318 g/mol. The van der Waals surface area contributed by atoms with Crippen LogP contribution in [-0.2, 0) is 9.53 Å². The molecule has 0 unspecified atom stereocenters. The molecule has 25 heavy (non-hydrogen) atoms. The van der Waals surface area contributed by atoms with Gasteiger partial charge in [0.1, 0.15) is 6.04 Å². The van der Waals surface area contributed by atoms with Crippen LogP contribution in [0, 0.1) is 5.92 Å². The van der Waals surface area contributed by atoms with Crippen molar-refractivity contribution in [1.82, 2.24) is 15.1 Å². The van der Waals surface area contributed by atoms with Crippen molar-refractivity contribution < 1.29 is 13.9 Å². The van der Waals surface area contributed by atoms with E-state index in [0.717, 1.165) is 6.42 Å². The van der Waals surface area contributed by atoms with E-state index in [4.69, 9.17) is 9.15 Å². The van der Waals surface area contributed by atoms with Crippen LogP contribution in [0.2, 0.25) is 0 Å². The fourth-order valence-corrected chi connectivity index (χ4v) is 3.44. The molecule has 0 bridgehead atoms. The maximum Gasteiger partial charge on any atom is 0.241 e. The van der Waals surface area contributed by atoms with Crippen LogP contribution in [0.1, 0.15) is 55.5 Å². The number of carbonyl (C=O) groups is 1.